The van der Waals surface area contributed by atoms with Crippen LogP contribution in [0.1, 0.15) is 49.2 Å². The Balaban J connectivity index is 0.000000181. The number of hydrogen-bond acceptors (Lipinski definition) is 6. The summed E-state index contributed by atoms with van der Waals surface area (Å²) in [7, 11) is -1.44. The number of hydrogen-bond donors (Lipinski definition) is 1. The normalized spacial score (nSPS) is 17.6. The SMILES string of the molecule is CCN1CCCC(C(=O)NS(=O)c2ccccc2)CC1.CCc1ccc(Oc2nc3c(s2)CC=CC=C3)cc1. The van der Waals surface area contributed by atoms with Gasteiger partial charge in [-0.3, -0.25) is 9.52 Å². The maximum absolute atomic E-state index is 12.2. The van der Waals surface area contributed by atoms with Crippen molar-refractivity contribution < 1.29 is 13.7 Å². The minimum atomic E-state index is -1.44. The average Bonchev–Trinajstić information content (AvgIpc) is 3.12. The second-order valence-electron chi connectivity index (χ2n) is 9.49. The predicted octanol–water partition coefficient (Wildman–Crippen LogP) is 6.57. The number of allylic oxidation sites excluding steroid dienone is 3. The molecule has 0 radical (unpaired) electrons. The zero-order valence-corrected chi connectivity index (χ0v) is 24.3. The summed E-state index contributed by atoms with van der Waals surface area (Å²) >= 11 is 1.62. The highest BCUT2D eigenvalue weighted by Gasteiger charge is 2.23. The van der Waals surface area contributed by atoms with E-state index in [0.717, 1.165) is 63.2 Å². The first-order valence-corrected chi connectivity index (χ1v) is 15.6. The molecular formula is C31H37N3O3S2. The van der Waals surface area contributed by atoms with E-state index in [0.29, 0.717) is 10.1 Å². The van der Waals surface area contributed by atoms with Crippen LogP contribution in [0.4, 0.5) is 0 Å². The van der Waals surface area contributed by atoms with Crippen molar-refractivity contribution in [3.05, 3.63) is 89.0 Å². The van der Waals surface area contributed by atoms with Gasteiger partial charge in [0.2, 0.25) is 5.91 Å². The number of aromatic nitrogens is 1. The summed E-state index contributed by atoms with van der Waals surface area (Å²) in [5.41, 5.74) is 2.34. The second kappa shape index (κ2) is 14.9. The first-order valence-electron chi connectivity index (χ1n) is 13.6. The highest BCUT2D eigenvalue weighted by atomic mass is 32.2. The van der Waals surface area contributed by atoms with E-state index in [9.17, 15) is 9.00 Å². The summed E-state index contributed by atoms with van der Waals surface area (Å²) in [4.78, 5) is 21.0. The number of rotatable bonds is 7. The fourth-order valence-electron chi connectivity index (χ4n) is 4.47. The number of thiazole rings is 1. The zero-order valence-electron chi connectivity index (χ0n) is 22.7. The van der Waals surface area contributed by atoms with E-state index >= 15 is 0 Å². The molecule has 2 unspecified atom stereocenters. The maximum atomic E-state index is 12.2. The first kappa shape index (κ1) is 28.9. The smallest absolute Gasteiger partial charge is 0.279 e. The first-order chi connectivity index (χ1) is 19.1. The fourth-order valence-corrected chi connectivity index (χ4v) is 6.23. The Morgan fingerprint density at radius 2 is 1.87 bits per heavy atom. The molecule has 1 amide bonds. The van der Waals surface area contributed by atoms with Crippen LogP contribution >= 0.6 is 11.3 Å². The quantitative estimate of drug-likeness (QED) is 0.352. The van der Waals surface area contributed by atoms with E-state index in [-0.39, 0.29) is 11.8 Å². The summed E-state index contributed by atoms with van der Waals surface area (Å²) in [5, 5.41) is 0.717. The van der Waals surface area contributed by atoms with Gasteiger partial charge in [-0.2, -0.15) is 0 Å². The van der Waals surface area contributed by atoms with Crippen LogP contribution in [0.25, 0.3) is 6.08 Å². The summed E-state index contributed by atoms with van der Waals surface area (Å²) in [6.07, 6.45) is 13.0. The molecule has 8 heteroatoms. The van der Waals surface area contributed by atoms with Crippen molar-refractivity contribution in [1.29, 1.82) is 0 Å². The zero-order chi connectivity index (χ0) is 27.5. The van der Waals surface area contributed by atoms with Gasteiger partial charge in [0.15, 0.2) is 11.0 Å². The lowest BCUT2D eigenvalue weighted by Gasteiger charge is -2.17. The molecule has 2 atom stereocenters. The molecule has 3 aromatic rings. The van der Waals surface area contributed by atoms with Crippen LogP contribution in [0.5, 0.6) is 10.9 Å². The molecule has 5 rings (SSSR count). The van der Waals surface area contributed by atoms with Gasteiger partial charge in [-0.1, -0.05) is 73.7 Å². The molecule has 39 heavy (non-hydrogen) atoms. The van der Waals surface area contributed by atoms with Gasteiger partial charge >= 0.3 is 0 Å². The van der Waals surface area contributed by atoms with Crippen molar-refractivity contribution in [3.63, 3.8) is 0 Å². The van der Waals surface area contributed by atoms with Crippen molar-refractivity contribution in [2.24, 2.45) is 5.92 Å². The van der Waals surface area contributed by atoms with Gasteiger partial charge in [0.25, 0.3) is 5.19 Å². The van der Waals surface area contributed by atoms with Crippen LogP contribution in [0, 0.1) is 5.92 Å². The fraction of sp³-hybridized carbons (Fsp3) is 0.355. The predicted molar refractivity (Wildman–Crippen MR) is 160 cm³/mol. The Kier molecular flexibility index (Phi) is 11.1. The molecule has 1 aliphatic carbocycles. The number of aryl methyl sites for hydroxylation is 1. The number of nitrogens with zero attached hydrogens (tertiary/aromatic N) is 2. The van der Waals surface area contributed by atoms with Crippen molar-refractivity contribution in [2.75, 3.05) is 19.6 Å². The van der Waals surface area contributed by atoms with Gasteiger partial charge in [-0.05, 0) is 81.2 Å². The number of carbonyl (C=O) groups excluding carboxylic acids is 1. The summed E-state index contributed by atoms with van der Waals surface area (Å²) in [5.74, 6) is 0.755. The number of fused-ring (bicyclic) bond motifs is 1. The van der Waals surface area contributed by atoms with E-state index < -0.39 is 11.0 Å². The van der Waals surface area contributed by atoms with E-state index in [1.807, 2.05) is 42.5 Å². The number of likely N-dealkylation sites (tertiary alicyclic amines) is 1. The molecule has 2 aliphatic rings. The lowest BCUT2D eigenvalue weighted by molar-refractivity contribution is -0.123. The van der Waals surface area contributed by atoms with Crippen LogP contribution in [-0.4, -0.2) is 39.6 Å². The molecule has 2 aromatic carbocycles. The highest BCUT2D eigenvalue weighted by molar-refractivity contribution is 7.83. The van der Waals surface area contributed by atoms with Crippen LogP contribution in [0.2, 0.25) is 0 Å². The molecule has 6 nitrogen and oxygen atoms in total. The Morgan fingerprint density at radius 3 is 2.62 bits per heavy atom. The number of nitrogens with one attached hydrogen (secondary N) is 1. The van der Waals surface area contributed by atoms with E-state index in [1.165, 1.54) is 10.4 Å². The Labute approximate surface area is 238 Å². The van der Waals surface area contributed by atoms with E-state index in [2.05, 4.69) is 52.7 Å². The lowest BCUT2D eigenvalue weighted by Crippen LogP contribution is -2.33. The highest BCUT2D eigenvalue weighted by Crippen LogP contribution is 2.31. The van der Waals surface area contributed by atoms with Gasteiger partial charge in [0.05, 0.1) is 10.6 Å². The van der Waals surface area contributed by atoms with Crippen LogP contribution < -0.4 is 9.46 Å². The summed E-state index contributed by atoms with van der Waals surface area (Å²) in [6.45, 7) is 7.33. The molecule has 1 saturated heterocycles. The Morgan fingerprint density at radius 1 is 1.08 bits per heavy atom. The molecular weight excluding hydrogens is 526 g/mol. The van der Waals surface area contributed by atoms with Gasteiger partial charge in [-0.15, -0.1) is 0 Å². The van der Waals surface area contributed by atoms with Crippen molar-refractivity contribution in [1.82, 2.24) is 14.6 Å². The molecule has 1 aliphatic heterocycles. The van der Waals surface area contributed by atoms with Crippen molar-refractivity contribution in [3.8, 4) is 10.9 Å². The molecule has 206 valence electrons. The largest absolute Gasteiger partial charge is 0.431 e. The molecule has 1 fully saturated rings. The average molecular weight is 564 g/mol. The maximum Gasteiger partial charge on any atom is 0.279 e. The van der Waals surface area contributed by atoms with Crippen LogP contribution in [0.15, 0.2) is 77.7 Å². The van der Waals surface area contributed by atoms with Crippen molar-refractivity contribution >= 4 is 34.3 Å². The van der Waals surface area contributed by atoms with Gasteiger partial charge in [0, 0.05) is 17.2 Å². The summed E-state index contributed by atoms with van der Waals surface area (Å²) in [6, 6.07) is 17.2. The third-order valence-electron chi connectivity index (χ3n) is 6.84. The van der Waals surface area contributed by atoms with Crippen LogP contribution in [0.3, 0.4) is 0 Å². The van der Waals surface area contributed by atoms with Gasteiger partial charge in [0.1, 0.15) is 5.75 Å². The number of benzene rings is 2. The molecule has 0 bridgehead atoms. The third-order valence-corrected chi connectivity index (χ3v) is 8.90. The summed E-state index contributed by atoms with van der Waals surface area (Å²) < 4.78 is 20.5. The molecule has 0 saturated carbocycles. The Bertz CT molecular complexity index is 1290. The minimum Gasteiger partial charge on any atom is -0.431 e. The third kappa shape index (κ3) is 8.71. The van der Waals surface area contributed by atoms with Crippen molar-refractivity contribution in [2.45, 2.75) is 50.8 Å². The Hall–Kier alpha value is -3.07. The number of amides is 1. The molecule has 1 aromatic heterocycles. The van der Waals surface area contributed by atoms with Gasteiger partial charge < -0.3 is 9.64 Å². The lowest BCUT2D eigenvalue weighted by atomic mass is 10.0. The monoisotopic (exact) mass is 563 g/mol. The van der Waals surface area contributed by atoms with E-state index in [4.69, 9.17) is 4.74 Å². The standard InChI is InChI=1S/C16H15NOS.C15H22N2O2S/c1-2-12-8-10-13(11-9-12)18-16-17-14-6-4-3-5-7-15(14)19-16;1-2-17-11-6-7-13(10-12-17)15(18)16-20(19)14-8-4-3-5-9-14/h3-6,8-11H,2,7H2,1H3;3-5,8-9,13H,2,6-7,10-12H2,1H3,(H,16,18). The van der Waals surface area contributed by atoms with Crippen LogP contribution in [-0.2, 0) is 28.6 Å². The number of carbonyl (C=O) groups is 1. The number of ether oxygens (including phenoxy) is 1. The molecule has 2 heterocycles. The molecule has 0 spiro atoms. The minimum absolute atomic E-state index is 0.0146. The topological polar surface area (TPSA) is 71.5 Å². The van der Waals surface area contributed by atoms with E-state index in [1.54, 1.807) is 23.5 Å². The van der Waals surface area contributed by atoms with Gasteiger partial charge in [-0.25, -0.2) is 9.19 Å². The second-order valence-corrected chi connectivity index (χ2v) is 11.7. The molecule has 1 N–H and O–H groups in total.